The summed E-state index contributed by atoms with van der Waals surface area (Å²) in [6, 6.07) is 8.73. The third-order valence-electron chi connectivity index (χ3n) is 4.14. The average Bonchev–Trinajstić information content (AvgIpc) is 2.39. The van der Waals surface area contributed by atoms with E-state index in [1.165, 1.54) is 25.7 Å². The van der Waals surface area contributed by atoms with Crippen LogP contribution in [0.2, 0.25) is 0 Å². The van der Waals surface area contributed by atoms with Gasteiger partial charge in [0.2, 0.25) is 0 Å². The first kappa shape index (κ1) is 13.4. The van der Waals surface area contributed by atoms with E-state index < -0.39 is 0 Å². The summed E-state index contributed by atoms with van der Waals surface area (Å²) in [6.07, 6.45) is 5.32. The van der Waals surface area contributed by atoms with Crippen LogP contribution in [-0.2, 0) is 6.61 Å². The Kier molecular flexibility index (Phi) is 4.65. The number of rotatable bonds is 4. The van der Waals surface area contributed by atoms with Crippen molar-refractivity contribution < 1.29 is 5.11 Å². The fourth-order valence-corrected chi connectivity index (χ4v) is 3.11. The maximum atomic E-state index is 9.18. The summed E-state index contributed by atoms with van der Waals surface area (Å²) >= 11 is 0. The van der Waals surface area contributed by atoms with Gasteiger partial charge in [-0.15, -0.1) is 0 Å². The molecular weight excluding hydrogens is 222 g/mol. The largest absolute Gasteiger partial charge is 0.392 e. The van der Waals surface area contributed by atoms with Crippen molar-refractivity contribution in [3.8, 4) is 0 Å². The van der Waals surface area contributed by atoms with Crippen LogP contribution in [0.1, 0.15) is 45.1 Å². The molecule has 0 spiro atoms. The van der Waals surface area contributed by atoms with Gasteiger partial charge in [-0.05, 0) is 42.4 Å². The summed E-state index contributed by atoms with van der Waals surface area (Å²) in [6.45, 7) is 4.78. The van der Waals surface area contributed by atoms with E-state index >= 15 is 0 Å². The smallest absolute Gasteiger partial charge is 0.0682 e. The highest BCUT2D eigenvalue weighted by atomic mass is 16.3. The molecule has 0 aromatic heterocycles. The summed E-state index contributed by atoms with van der Waals surface area (Å²) in [7, 11) is 0. The zero-order valence-electron chi connectivity index (χ0n) is 11.5. The topological polar surface area (TPSA) is 32.3 Å². The molecule has 2 rings (SSSR count). The highest BCUT2D eigenvalue weighted by Crippen LogP contribution is 2.32. The Labute approximate surface area is 110 Å². The Morgan fingerprint density at radius 1 is 1.28 bits per heavy atom. The average molecular weight is 247 g/mol. The molecule has 18 heavy (non-hydrogen) atoms. The van der Waals surface area contributed by atoms with Gasteiger partial charge in [-0.25, -0.2) is 0 Å². The van der Waals surface area contributed by atoms with Gasteiger partial charge in [-0.2, -0.15) is 0 Å². The minimum absolute atomic E-state index is 0.119. The Bertz CT molecular complexity index is 375. The number of benzene rings is 1. The van der Waals surface area contributed by atoms with Crippen molar-refractivity contribution in [2.45, 2.75) is 52.2 Å². The van der Waals surface area contributed by atoms with Crippen molar-refractivity contribution in [3.63, 3.8) is 0 Å². The van der Waals surface area contributed by atoms with Crippen molar-refractivity contribution in [3.05, 3.63) is 29.8 Å². The molecule has 1 aromatic rings. The van der Waals surface area contributed by atoms with Crippen LogP contribution in [0.5, 0.6) is 0 Å². The molecule has 2 heteroatoms. The lowest BCUT2D eigenvalue weighted by Crippen LogP contribution is -2.35. The number of hydrogen-bond donors (Lipinski definition) is 2. The van der Waals surface area contributed by atoms with E-state index in [4.69, 9.17) is 0 Å². The minimum atomic E-state index is 0.119. The maximum Gasteiger partial charge on any atom is 0.0682 e. The summed E-state index contributed by atoms with van der Waals surface area (Å²) < 4.78 is 0. The Morgan fingerprint density at radius 2 is 2.06 bits per heavy atom. The monoisotopic (exact) mass is 247 g/mol. The molecule has 0 heterocycles. The molecule has 1 saturated carbocycles. The van der Waals surface area contributed by atoms with E-state index in [-0.39, 0.29) is 6.61 Å². The van der Waals surface area contributed by atoms with Crippen molar-refractivity contribution >= 4 is 5.69 Å². The van der Waals surface area contributed by atoms with E-state index in [2.05, 4.69) is 31.3 Å². The zero-order valence-corrected chi connectivity index (χ0v) is 11.5. The van der Waals surface area contributed by atoms with E-state index in [0.717, 1.165) is 23.1 Å². The van der Waals surface area contributed by atoms with E-state index in [0.29, 0.717) is 6.04 Å². The minimum Gasteiger partial charge on any atom is -0.392 e. The van der Waals surface area contributed by atoms with Crippen molar-refractivity contribution in [1.29, 1.82) is 0 Å². The molecule has 1 aliphatic carbocycles. The van der Waals surface area contributed by atoms with Crippen LogP contribution >= 0.6 is 0 Å². The van der Waals surface area contributed by atoms with Gasteiger partial charge < -0.3 is 10.4 Å². The molecule has 0 aliphatic heterocycles. The summed E-state index contributed by atoms with van der Waals surface area (Å²) in [5, 5.41) is 12.9. The van der Waals surface area contributed by atoms with Crippen LogP contribution in [0.3, 0.4) is 0 Å². The molecular formula is C16H25NO. The van der Waals surface area contributed by atoms with Gasteiger partial charge in [0.15, 0.2) is 0 Å². The molecule has 2 nitrogen and oxygen atoms in total. The van der Waals surface area contributed by atoms with Crippen molar-refractivity contribution in [2.24, 2.45) is 11.8 Å². The molecule has 1 aromatic carbocycles. The first-order valence-corrected chi connectivity index (χ1v) is 7.17. The SMILES string of the molecule is CC(C)C1CCCCC1Nc1cccc(CO)c1. The molecule has 0 amide bonds. The number of aliphatic hydroxyl groups is 1. The highest BCUT2D eigenvalue weighted by Gasteiger charge is 2.27. The molecule has 2 unspecified atom stereocenters. The lowest BCUT2D eigenvalue weighted by molar-refractivity contribution is 0.253. The lowest BCUT2D eigenvalue weighted by Gasteiger charge is -2.35. The third kappa shape index (κ3) is 3.26. The molecule has 1 fully saturated rings. The van der Waals surface area contributed by atoms with Crippen LogP contribution in [0.25, 0.3) is 0 Å². The van der Waals surface area contributed by atoms with Gasteiger partial charge in [-0.3, -0.25) is 0 Å². The second-order valence-electron chi connectivity index (χ2n) is 5.80. The summed E-state index contributed by atoms with van der Waals surface area (Å²) in [5.74, 6) is 1.51. The van der Waals surface area contributed by atoms with Gasteiger partial charge >= 0.3 is 0 Å². The molecule has 0 radical (unpaired) electrons. The van der Waals surface area contributed by atoms with Gasteiger partial charge in [0.25, 0.3) is 0 Å². The predicted octanol–water partition coefficient (Wildman–Crippen LogP) is 3.81. The fraction of sp³-hybridized carbons (Fsp3) is 0.625. The third-order valence-corrected chi connectivity index (χ3v) is 4.14. The van der Waals surface area contributed by atoms with Gasteiger partial charge in [-0.1, -0.05) is 38.8 Å². The number of hydrogen-bond acceptors (Lipinski definition) is 2. The molecule has 2 N–H and O–H groups in total. The van der Waals surface area contributed by atoms with Crippen molar-refractivity contribution in [1.82, 2.24) is 0 Å². The van der Waals surface area contributed by atoms with Crippen LogP contribution in [-0.4, -0.2) is 11.1 Å². The maximum absolute atomic E-state index is 9.18. The number of nitrogens with one attached hydrogen (secondary N) is 1. The highest BCUT2D eigenvalue weighted by molar-refractivity contribution is 5.46. The Balaban J connectivity index is 2.05. The predicted molar refractivity (Wildman–Crippen MR) is 76.6 cm³/mol. The van der Waals surface area contributed by atoms with Crippen LogP contribution in [0.15, 0.2) is 24.3 Å². The van der Waals surface area contributed by atoms with Crippen LogP contribution in [0, 0.1) is 11.8 Å². The first-order chi connectivity index (χ1) is 8.70. The van der Waals surface area contributed by atoms with Crippen molar-refractivity contribution in [2.75, 3.05) is 5.32 Å². The second kappa shape index (κ2) is 6.24. The van der Waals surface area contributed by atoms with E-state index in [1.807, 2.05) is 12.1 Å². The quantitative estimate of drug-likeness (QED) is 0.848. The molecule has 100 valence electrons. The summed E-state index contributed by atoms with van der Waals surface area (Å²) in [5.41, 5.74) is 2.14. The lowest BCUT2D eigenvalue weighted by atomic mass is 9.78. The Morgan fingerprint density at radius 3 is 2.78 bits per heavy atom. The summed E-state index contributed by atoms with van der Waals surface area (Å²) in [4.78, 5) is 0. The van der Waals surface area contributed by atoms with Crippen LogP contribution in [0.4, 0.5) is 5.69 Å². The van der Waals surface area contributed by atoms with E-state index in [1.54, 1.807) is 0 Å². The van der Waals surface area contributed by atoms with Gasteiger partial charge in [0.1, 0.15) is 0 Å². The molecule has 1 aliphatic rings. The second-order valence-corrected chi connectivity index (χ2v) is 5.80. The zero-order chi connectivity index (χ0) is 13.0. The number of aliphatic hydroxyl groups excluding tert-OH is 1. The van der Waals surface area contributed by atoms with Gasteiger partial charge in [0, 0.05) is 11.7 Å². The Hall–Kier alpha value is -1.02. The normalized spacial score (nSPS) is 24.2. The molecule has 0 saturated heterocycles. The van der Waals surface area contributed by atoms with Gasteiger partial charge in [0.05, 0.1) is 6.61 Å². The van der Waals surface area contributed by atoms with E-state index in [9.17, 15) is 5.11 Å². The molecule has 2 atom stereocenters. The standard InChI is InChI=1S/C16H25NO/c1-12(2)15-8-3-4-9-16(15)17-14-7-5-6-13(10-14)11-18/h5-7,10,12,15-18H,3-4,8-9,11H2,1-2H3. The molecule has 0 bridgehead atoms. The number of anilines is 1. The fourth-order valence-electron chi connectivity index (χ4n) is 3.11. The van der Waals surface area contributed by atoms with Crippen LogP contribution < -0.4 is 5.32 Å². The first-order valence-electron chi connectivity index (χ1n) is 7.17.